The van der Waals surface area contributed by atoms with E-state index < -0.39 is 0 Å². The SMILES string of the molecule is Cc1ccc(-c2csc(NC(=O)CSc3nnc(-c4ccc(F)cc4)n3C)n2)cc1. The molecule has 0 aliphatic rings. The summed E-state index contributed by atoms with van der Waals surface area (Å²) in [4.78, 5) is 16.8. The van der Waals surface area contributed by atoms with Crippen LogP contribution in [0.25, 0.3) is 22.6 Å². The molecule has 152 valence electrons. The molecular formula is C21H18FN5OS2. The molecule has 0 bridgehead atoms. The zero-order valence-electron chi connectivity index (χ0n) is 16.3. The van der Waals surface area contributed by atoms with Crippen molar-refractivity contribution in [1.29, 1.82) is 0 Å². The molecule has 9 heteroatoms. The topological polar surface area (TPSA) is 72.7 Å². The van der Waals surface area contributed by atoms with E-state index in [0.29, 0.717) is 16.1 Å². The third-order valence-electron chi connectivity index (χ3n) is 4.37. The van der Waals surface area contributed by atoms with E-state index in [0.717, 1.165) is 16.8 Å². The summed E-state index contributed by atoms with van der Waals surface area (Å²) >= 11 is 2.67. The summed E-state index contributed by atoms with van der Waals surface area (Å²) in [5, 5.41) is 14.2. The number of aromatic nitrogens is 4. The zero-order chi connectivity index (χ0) is 21.1. The Morgan fingerprint density at radius 1 is 1.10 bits per heavy atom. The second-order valence-electron chi connectivity index (χ2n) is 6.61. The van der Waals surface area contributed by atoms with Gasteiger partial charge in [-0.1, -0.05) is 41.6 Å². The van der Waals surface area contributed by atoms with E-state index in [4.69, 9.17) is 0 Å². The average molecular weight is 440 g/mol. The third-order valence-corrected chi connectivity index (χ3v) is 6.15. The van der Waals surface area contributed by atoms with Crippen molar-refractivity contribution in [2.24, 2.45) is 7.05 Å². The molecule has 0 saturated heterocycles. The number of thiazole rings is 1. The highest BCUT2D eigenvalue weighted by Gasteiger charge is 2.14. The standard InChI is InChI=1S/C21H18FN5OS2/c1-13-3-5-14(6-4-13)17-11-29-20(23-17)24-18(28)12-30-21-26-25-19(27(21)2)15-7-9-16(22)10-8-15/h3-11H,12H2,1-2H3,(H,23,24,28). The van der Waals surface area contributed by atoms with Crippen molar-refractivity contribution in [2.45, 2.75) is 12.1 Å². The van der Waals surface area contributed by atoms with Crippen molar-refractivity contribution in [3.05, 3.63) is 65.3 Å². The normalized spacial score (nSPS) is 10.9. The van der Waals surface area contributed by atoms with Gasteiger partial charge in [0.1, 0.15) is 5.82 Å². The number of amides is 1. The Hall–Kier alpha value is -3.04. The molecule has 4 rings (SSSR count). The number of thioether (sulfide) groups is 1. The van der Waals surface area contributed by atoms with Crippen LogP contribution < -0.4 is 5.32 Å². The van der Waals surface area contributed by atoms with E-state index in [1.807, 2.05) is 43.6 Å². The molecule has 0 fully saturated rings. The number of benzene rings is 2. The van der Waals surface area contributed by atoms with Gasteiger partial charge in [0, 0.05) is 23.6 Å². The van der Waals surface area contributed by atoms with Gasteiger partial charge in [-0.3, -0.25) is 4.79 Å². The largest absolute Gasteiger partial charge is 0.305 e. The van der Waals surface area contributed by atoms with Gasteiger partial charge in [-0.2, -0.15) is 0 Å². The van der Waals surface area contributed by atoms with Crippen molar-refractivity contribution in [2.75, 3.05) is 11.1 Å². The molecule has 2 heterocycles. The smallest absolute Gasteiger partial charge is 0.236 e. The molecular weight excluding hydrogens is 421 g/mol. The van der Waals surface area contributed by atoms with Crippen molar-refractivity contribution >= 4 is 34.1 Å². The molecule has 0 saturated carbocycles. The molecule has 2 aromatic carbocycles. The van der Waals surface area contributed by atoms with Gasteiger partial charge in [0.15, 0.2) is 16.1 Å². The van der Waals surface area contributed by atoms with Crippen LogP contribution in [0.3, 0.4) is 0 Å². The predicted octanol–water partition coefficient (Wildman–Crippen LogP) is 4.78. The minimum Gasteiger partial charge on any atom is -0.305 e. The number of nitrogens with zero attached hydrogens (tertiary/aromatic N) is 4. The van der Waals surface area contributed by atoms with Crippen molar-refractivity contribution in [1.82, 2.24) is 19.7 Å². The first-order valence-electron chi connectivity index (χ1n) is 9.10. The summed E-state index contributed by atoms with van der Waals surface area (Å²) in [7, 11) is 1.81. The fourth-order valence-electron chi connectivity index (χ4n) is 2.76. The van der Waals surface area contributed by atoms with E-state index in [1.54, 1.807) is 16.7 Å². The van der Waals surface area contributed by atoms with E-state index in [1.165, 1.54) is 40.8 Å². The number of halogens is 1. The van der Waals surface area contributed by atoms with Crippen molar-refractivity contribution in [3.8, 4) is 22.6 Å². The Kier molecular flexibility index (Phi) is 5.91. The molecule has 2 aromatic heterocycles. The molecule has 30 heavy (non-hydrogen) atoms. The van der Waals surface area contributed by atoms with Gasteiger partial charge < -0.3 is 9.88 Å². The van der Waals surface area contributed by atoms with Gasteiger partial charge in [0.25, 0.3) is 0 Å². The highest BCUT2D eigenvalue weighted by atomic mass is 32.2. The maximum absolute atomic E-state index is 13.1. The molecule has 6 nitrogen and oxygen atoms in total. The minimum absolute atomic E-state index is 0.170. The molecule has 1 amide bonds. The van der Waals surface area contributed by atoms with E-state index in [2.05, 4.69) is 20.5 Å². The van der Waals surface area contributed by atoms with Crippen LogP contribution >= 0.6 is 23.1 Å². The van der Waals surface area contributed by atoms with Gasteiger partial charge in [-0.05, 0) is 31.2 Å². The summed E-state index contributed by atoms with van der Waals surface area (Å²) in [6, 6.07) is 14.1. The summed E-state index contributed by atoms with van der Waals surface area (Å²) in [6.45, 7) is 2.04. The summed E-state index contributed by atoms with van der Waals surface area (Å²) in [6.07, 6.45) is 0. The Morgan fingerprint density at radius 3 is 2.53 bits per heavy atom. The monoisotopic (exact) mass is 439 g/mol. The predicted molar refractivity (Wildman–Crippen MR) is 118 cm³/mol. The van der Waals surface area contributed by atoms with Crippen LogP contribution in [0, 0.1) is 12.7 Å². The Labute approximate surface area is 181 Å². The molecule has 0 aliphatic heterocycles. The fraction of sp³-hybridized carbons (Fsp3) is 0.143. The maximum atomic E-state index is 13.1. The van der Waals surface area contributed by atoms with E-state index >= 15 is 0 Å². The van der Waals surface area contributed by atoms with Gasteiger partial charge in [0.05, 0.1) is 11.4 Å². The molecule has 0 unspecified atom stereocenters. The Morgan fingerprint density at radius 2 is 1.80 bits per heavy atom. The quantitative estimate of drug-likeness (QED) is 0.438. The number of aryl methyl sites for hydroxylation is 1. The van der Waals surface area contributed by atoms with Crippen LogP contribution in [0.1, 0.15) is 5.56 Å². The Bertz CT molecular complexity index is 1170. The van der Waals surface area contributed by atoms with Gasteiger partial charge in [-0.25, -0.2) is 9.37 Å². The first kappa shape index (κ1) is 20.2. The van der Waals surface area contributed by atoms with E-state index in [9.17, 15) is 9.18 Å². The first-order chi connectivity index (χ1) is 14.5. The highest BCUT2D eigenvalue weighted by molar-refractivity contribution is 7.99. The molecule has 0 aliphatic carbocycles. The van der Waals surface area contributed by atoms with Crippen LogP contribution in [0.15, 0.2) is 59.1 Å². The number of hydrogen-bond donors (Lipinski definition) is 1. The summed E-state index contributed by atoms with van der Waals surface area (Å²) in [5.41, 5.74) is 3.79. The lowest BCUT2D eigenvalue weighted by molar-refractivity contribution is -0.113. The molecule has 0 spiro atoms. The van der Waals surface area contributed by atoms with Gasteiger partial charge in [-0.15, -0.1) is 21.5 Å². The minimum atomic E-state index is -0.306. The van der Waals surface area contributed by atoms with Gasteiger partial charge >= 0.3 is 0 Å². The van der Waals surface area contributed by atoms with Crippen LogP contribution in [-0.4, -0.2) is 31.4 Å². The van der Waals surface area contributed by atoms with Crippen molar-refractivity contribution in [3.63, 3.8) is 0 Å². The fourth-order valence-corrected chi connectivity index (χ4v) is 4.21. The number of anilines is 1. The van der Waals surface area contributed by atoms with Crippen LogP contribution in [-0.2, 0) is 11.8 Å². The molecule has 4 aromatic rings. The lowest BCUT2D eigenvalue weighted by Gasteiger charge is -2.04. The maximum Gasteiger partial charge on any atom is 0.236 e. The number of hydrogen-bond acceptors (Lipinski definition) is 6. The lowest BCUT2D eigenvalue weighted by atomic mass is 10.1. The van der Waals surface area contributed by atoms with Crippen LogP contribution in [0.4, 0.5) is 9.52 Å². The Balaban J connectivity index is 1.36. The number of carbonyl (C=O) groups excluding carboxylic acids is 1. The highest BCUT2D eigenvalue weighted by Crippen LogP contribution is 2.26. The van der Waals surface area contributed by atoms with Gasteiger partial charge in [0.2, 0.25) is 5.91 Å². The molecule has 1 N–H and O–H groups in total. The number of carbonyl (C=O) groups is 1. The summed E-state index contributed by atoms with van der Waals surface area (Å²) < 4.78 is 14.9. The summed E-state index contributed by atoms with van der Waals surface area (Å²) in [5.74, 6) is 0.311. The second kappa shape index (κ2) is 8.76. The average Bonchev–Trinajstić information content (AvgIpc) is 3.34. The number of nitrogens with one attached hydrogen (secondary N) is 1. The number of rotatable bonds is 6. The third kappa shape index (κ3) is 4.58. The zero-order valence-corrected chi connectivity index (χ0v) is 17.9. The van der Waals surface area contributed by atoms with E-state index in [-0.39, 0.29) is 17.5 Å². The van der Waals surface area contributed by atoms with Crippen molar-refractivity contribution < 1.29 is 9.18 Å². The lowest BCUT2D eigenvalue weighted by Crippen LogP contribution is -2.14. The second-order valence-corrected chi connectivity index (χ2v) is 8.41. The first-order valence-corrected chi connectivity index (χ1v) is 11.0. The van der Waals surface area contributed by atoms with Crippen LogP contribution in [0.5, 0.6) is 0 Å². The molecule has 0 atom stereocenters. The molecule has 0 radical (unpaired) electrons. The van der Waals surface area contributed by atoms with Crippen LogP contribution in [0.2, 0.25) is 0 Å².